The van der Waals surface area contributed by atoms with Gasteiger partial charge in [-0.1, -0.05) is 25.7 Å². The molecule has 0 saturated carbocycles. The number of unbranched alkanes of at least 4 members (excludes halogenated alkanes) is 3. The van der Waals surface area contributed by atoms with E-state index in [2.05, 4.69) is 23.7 Å². The van der Waals surface area contributed by atoms with Gasteiger partial charge in [-0.2, -0.15) is 5.26 Å². The van der Waals surface area contributed by atoms with E-state index in [-0.39, 0.29) is 0 Å². The van der Waals surface area contributed by atoms with Crippen molar-refractivity contribution in [3.05, 3.63) is 0 Å². The van der Waals surface area contributed by atoms with Crippen LogP contribution in [0, 0.1) is 11.8 Å². The summed E-state index contributed by atoms with van der Waals surface area (Å²) in [7, 11) is 0. The molecular formula is C8H12O3. The van der Waals surface area contributed by atoms with Gasteiger partial charge in [-0.3, -0.25) is 4.89 Å². The molecule has 0 radical (unpaired) electrons. The second kappa shape index (κ2) is 7.10. The lowest BCUT2D eigenvalue weighted by Gasteiger charge is -1.87. The largest absolute Gasteiger partial charge is 0.416 e. The molecular weight excluding hydrogens is 144 g/mol. The molecule has 1 N–H and O–H groups in total. The van der Waals surface area contributed by atoms with E-state index in [0.29, 0.717) is 6.42 Å². The lowest BCUT2D eigenvalue weighted by molar-refractivity contribution is -0.226. The third-order valence-electron chi connectivity index (χ3n) is 1.18. The third kappa shape index (κ3) is 6.88. The van der Waals surface area contributed by atoms with Crippen molar-refractivity contribution in [1.82, 2.24) is 0 Å². The van der Waals surface area contributed by atoms with E-state index in [1.807, 2.05) is 0 Å². The number of hydrogen-bond acceptors (Lipinski definition) is 3. The Bertz CT molecular complexity index is 164. The average Bonchev–Trinajstić information content (AvgIpc) is 2.04. The molecule has 0 bridgehead atoms. The Morgan fingerprint density at radius 2 is 2.27 bits per heavy atom. The smallest absolute Gasteiger partial charge is 0.286 e. The van der Waals surface area contributed by atoms with Crippen LogP contribution in [0.5, 0.6) is 0 Å². The average molecular weight is 156 g/mol. The molecule has 3 nitrogen and oxygen atoms in total. The van der Waals surface area contributed by atoms with Crippen molar-refractivity contribution in [2.75, 3.05) is 0 Å². The van der Waals surface area contributed by atoms with E-state index in [9.17, 15) is 4.79 Å². The maximum atomic E-state index is 10.2. The van der Waals surface area contributed by atoms with Gasteiger partial charge in [-0.05, 0) is 6.42 Å². The molecule has 0 fully saturated rings. The second-order valence-corrected chi connectivity index (χ2v) is 2.14. The van der Waals surface area contributed by atoms with Crippen LogP contribution in [0.1, 0.15) is 32.6 Å². The van der Waals surface area contributed by atoms with Crippen LogP contribution in [-0.2, 0) is 9.68 Å². The minimum Gasteiger partial charge on any atom is -0.286 e. The topological polar surface area (TPSA) is 46.5 Å². The molecule has 0 atom stereocenters. The maximum absolute atomic E-state index is 10.2. The zero-order chi connectivity index (χ0) is 8.53. The Kier molecular flexibility index (Phi) is 6.45. The van der Waals surface area contributed by atoms with Crippen LogP contribution in [0.4, 0.5) is 0 Å². The van der Waals surface area contributed by atoms with Crippen LogP contribution < -0.4 is 0 Å². The molecule has 0 aliphatic heterocycles. The van der Waals surface area contributed by atoms with Gasteiger partial charge in [0.15, 0.2) is 0 Å². The number of rotatable bonds is 3. The first kappa shape index (κ1) is 9.99. The van der Waals surface area contributed by atoms with Gasteiger partial charge in [0.25, 0.3) is 0 Å². The highest BCUT2D eigenvalue weighted by molar-refractivity contribution is 5.87. The van der Waals surface area contributed by atoms with Crippen LogP contribution >= 0.6 is 0 Å². The molecule has 0 heterocycles. The lowest BCUT2D eigenvalue weighted by atomic mass is 10.2. The molecule has 0 rings (SSSR count). The van der Waals surface area contributed by atoms with Crippen molar-refractivity contribution in [2.45, 2.75) is 32.6 Å². The summed E-state index contributed by atoms with van der Waals surface area (Å²) in [6.07, 6.45) is 3.92. The van der Waals surface area contributed by atoms with E-state index >= 15 is 0 Å². The van der Waals surface area contributed by atoms with Crippen LogP contribution in [0.25, 0.3) is 0 Å². The van der Waals surface area contributed by atoms with E-state index < -0.39 is 5.97 Å². The molecule has 0 aromatic carbocycles. The van der Waals surface area contributed by atoms with Gasteiger partial charge in [0.1, 0.15) is 0 Å². The standard InChI is InChI=1S/C8H12O3/c1-2-3-4-5-6-7-8(9)11-10/h10H,2-5H2,1H3. The Morgan fingerprint density at radius 1 is 1.55 bits per heavy atom. The number of hydrogen-bond donors (Lipinski definition) is 1. The zero-order valence-electron chi connectivity index (χ0n) is 6.59. The van der Waals surface area contributed by atoms with E-state index in [4.69, 9.17) is 5.26 Å². The summed E-state index contributed by atoms with van der Waals surface area (Å²) in [5, 5.41) is 7.79. The van der Waals surface area contributed by atoms with Crippen molar-refractivity contribution in [3.63, 3.8) is 0 Å². The minimum atomic E-state index is -0.888. The van der Waals surface area contributed by atoms with Gasteiger partial charge in [-0.15, -0.1) is 0 Å². The molecule has 0 aliphatic carbocycles. The molecule has 0 unspecified atom stereocenters. The van der Waals surface area contributed by atoms with Gasteiger partial charge >= 0.3 is 5.97 Å². The van der Waals surface area contributed by atoms with Crippen molar-refractivity contribution >= 4 is 5.97 Å². The molecule has 0 aliphatic rings. The van der Waals surface area contributed by atoms with Gasteiger partial charge in [0, 0.05) is 12.3 Å². The Morgan fingerprint density at radius 3 is 2.82 bits per heavy atom. The van der Waals surface area contributed by atoms with Crippen LogP contribution in [0.2, 0.25) is 0 Å². The zero-order valence-corrected chi connectivity index (χ0v) is 6.59. The van der Waals surface area contributed by atoms with E-state index in [0.717, 1.165) is 19.3 Å². The maximum Gasteiger partial charge on any atom is 0.416 e. The number of carbonyl (C=O) groups is 1. The fourth-order valence-electron chi connectivity index (χ4n) is 0.621. The van der Waals surface area contributed by atoms with Crippen molar-refractivity contribution in [3.8, 4) is 11.8 Å². The van der Waals surface area contributed by atoms with Gasteiger partial charge in [-0.25, -0.2) is 4.79 Å². The van der Waals surface area contributed by atoms with Crippen molar-refractivity contribution in [1.29, 1.82) is 0 Å². The summed E-state index contributed by atoms with van der Waals surface area (Å²) >= 11 is 0. The summed E-state index contributed by atoms with van der Waals surface area (Å²) in [5.74, 6) is 3.83. The van der Waals surface area contributed by atoms with E-state index in [1.54, 1.807) is 0 Å². The molecule has 0 spiro atoms. The van der Waals surface area contributed by atoms with Gasteiger partial charge in [0.05, 0.1) is 0 Å². The molecule has 62 valence electrons. The van der Waals surface area contributed by atoms with Crippen LogP contribution in [0.15, 0.2) is 0 Å². The SMILES string of the molecule is CCCCCC#CC(=O)OO. The normalized spacial score (nSPS) is 8.18. The summed E-state index contributed by atoms with van der Waals surface area (Å²) in [4.78, 5) is 13.5. The first-order valence-corrected chi connectivity index (χ1v) is 3.65. The van der Waals surface area contributed by atoms with Crippen LogP contribution in [-0.4, -0.2) is 11.2 Å². The summed E-state index contributed by atoms with van der Waals surface area (Å²) < 4.78 is 0. The first-order valence-electron chi connectivity index (χ1n) is 3.65. The van der Waals surface area contributed by atoms with Crippen molar-refractivity contribution < 1.29 is 14.9 Å². The van der Waals surface area contributed by atoms with Gasteiger partial charge < -0.3 is 0 Å². The Hall–Kier alpha value is -1.01. The quantitative estimate of drug-likeness (QED) is 0.292. The molecule has 0 aromatic rings. The molecule has 0 aromatic heterocycles. The fourth-order valence-corrected chi connectivity index (χ4v) is 0.621. The molecule has 3 heteroatoms. The highest BCUT2D eigenvalue weighted by atomic mass is 17.1. The Labute approximate surface area is 66.3 Å². The monoisotopic (exact) mass is 156 g/mol. The van der Waals surface area contributed by atoms with Crippen LogP contribution in [0.3, 0.4) is 0 Å². The minimum absolute atomic E-state index is 0.683. The molecule has 11 heavy (non-hydrogen) atoms. The predicted molar refractivity (Wildman–Crippen MR) is 40.6 cm³/mol. The highest BCUT2D eigenvalue weighted by Crippen LogP contribution is 1.96. The lowest BCUT2D eigenvalue weighted by Crippen LogP contribution is -1.94. The van der Waals surface area contributed by atoms with E-state index in [1.165, 1.54) is 0 Å². The first-order chi connectivity index (χ1) is 5.31. The Balaban J connectivity index is 3.32. The number of carbonyl (C=O) groups excluding carboxylic acids is 1. The summed E-state index contributed by atoms with van der Waals surface area (Å²) in [5.41, 5.74) is 0. The highest BCUT2D eigenvalue weighted by Gasteiger charge is 1.90. The predicted octanol–water partition coefficient (Wildman–Crippen LogP) is 1.59. The molecule has 0 amide bonds. The fraction of sp³-hybridized carbons (Fsp3) is 0.625. The second-order valence-electron chi connectivity index (χ2n) is 2.14. The summed E-state index contributed by atoms with van der Waals surface area (Å²) in [6, 6.07) is 0. The van der Waals surface area contributed by atoms with Gasteiger partial charge in [0.2, 0.25) is 0 Å². The summed E-state index contributed by atoms with van der Waals surface area (Å²) in [6.45, 7) is 2.09. The van der Waals surface area contributed by atoms with Crippen molar-refractivity contribution in [2.24, 2.45) is 0 Å². The third-order valence-corrected chi connectivity index (χ3v) is 1.18. The molecule has 0 saturated heterocycles.